The van der Waals surface area contributed by atoms with Crippen LogP contribution in [0, 0.1) is 12.7 Å². The molecule has 15 heavy (non-hydrogen) atoms. The first-order valence-corrected chi connectivity index (χ1v) is 4.27. The van der Waals surface area contributed by atoms with Crippen LogP contribution in [-0.4, -0.2) is 15.9 Å². The average molecular weight is 206 g/mol. The minimum atomic E-state index is -0.393. The van der Waals surface area contributed by atoms with Gasteiger partial charge in [0, 0.05) is 12.5 Å². The van der Waals surface area contributed by atoms with E-state index < -0.39 is 5.82 Å². The topological polar surface area (TPSA) is 56.0 Å². The zero-order chi connectivity index (χ0) is 10.8. The van der Waals surface area contributed by atoms with Gasteiger partial charge in [-0.3, -0.25) is 4.79 Å². The second-order valence-electron chi connectivity index (χ2n) is 2.97. The molecule has 0 fully saturated rings. The maximum atomic E-state index is 12.6. The molecule has 4 nitrogen and oxygen atoms in total. The number of carbonyl (C=O) groups excluding carboxylic acids is 1. The number of aryl methyl sites for hydroxylation is 1. The van der Waals surface area contributed by atoms with E-state index >= 15 is 0 Å². The standard InChI is InChI=1S/C10H7FN2O2/c1-6-12-10(13-15-6)9(14)7-2-4-8(11)5-3-7/h2-5H,1H3. The third-order valence-electron chi connectivity index (χ3n) is 1.84. The molecular weight excluding hydrogens is 199 g/mol. The first-order chi connectivity index (χ1) is 7.16. The fourth-order valence-electron chi connectivity index (χ4n) is 1.12. The van der Waals surface area contributed by atoms with Crippen molar-refractivity contribution in [3.05, 3.63) is 47.4 Å². The number of hydrogen-bond acceptors (Lipinski definition) is 4. The van der Waals surface area contributed by atoms with Crippen molar-refractivity contribution in [2.75, 3.05) is 0 Å². The van der Waals surface area contributed by atoms with E-state index in [-0.39, 0.29) is 11.6 Å². The Labute approximate surface area is 84.7 Å². The lowest BCUT2D eigenvalue weighted by Gasteiger charge is -1.94. The molecular formula is C10H7FN2O2. The summed E-state index contributed by atoms with van der Waals surface area (Å²) < 4.78 is 17.3. The van der Waals surface area contributed by atoms with Crippen LogP contribution in [0.15, 0.2) is 28.8 Å². The van der Waals surface area contributed by atoms with E-state index in [0.717, 1.165) is 0 Å². The number of benzene rings is 1. The van der Waals surface area contributed by atoms with Crippen LogP contribution >= 0.6 is 0 Å². The van der Waals surface area contributed by atoms with Crippen molar-refractivity contribution in [3.63, 3.8) is 0 Å². The van der Waals surface area contributed by atoms with E-state index in [1.54, 1.807) is 6.92 Å². The summed E-state index contributed by atoms with van der Waals surface area (Å²) in [4.78, 5) is 15.5. The molecule has 0 saturated carbocycles. The van der Waals surface area contributed by atoms with Gasteiger partial charge in [0.15, 0.2) is 0 Å². The molecule has 0 unspecified atom stereocenters. The molecule has 0 aliphatic carbocycles. The lowest BCUT2D eigenvalue weighted by molar-refractivity contribution is 0.102. The summed E-state index contributed by atoms with van der Waals surface area (Å²) >= 11 is 0. The van der Waals surface area contributed by atoms with E-state index in [2.05, 4.69) is 14.7 Å². The number of aromatic nitrogens is 2. The highest BCUT2D eigenvalue weighted by Crippen LogP contribution is 2.08. The molecule has 0 spiro atoms. The fraction of sp³-hybridized carbons (Fsp3) is 0.100. The summed E-state index contributed by atoms with van der Waals surface area (Å²) in [5.41, 5.74) is 0.331. The van der Waals surface area contributed by atoms with Gasteiger partial charge in [0.1, 0.15) is 5.82 Å². The highest BCUT2D eigenvalue weighted by molar-refractivity contribution is 6.06. The number of nitrogens with zero attached hydrogens (tertiary/aromatic N) is 2. The van der Waals surface area contributed by atoms with Crippen molar-refractivity contribution in [2.24, 2.45) is 0 Å². The second kappa shape index (κ2) is 3.61. The van der Waals surface area contributed by atoms with Crippen molar-refractivity contribution in [1.29, 1.82) is 0 Å². The van der Waals surface area contributed by atoms with E-state index in [4.69, 9.17) is 0 Å². The highest BCUT2D eigenvalue weighted by atomic mass is 19.1. The molecule has 0 bridgehead atoms. The number of hydrogen-bond donors (Lipinski definition) is 0. The maximum absolute atomic E-state index is 12.6. The number of ketones is 1. The average Bonchev–Trinajstić information content (AvgIpc) is 2.65. The summed E-state index contributed by atoms with van der Waals surface area (Å²) in [6.07, 6.45) is 0. The van der Waals surface area contributed by atoms with Gasteiger partial charge in [0.05, 0.1) is 0 Å². The van der Waals surface area contributed by atoms with Crippen LogP contribution in [0.5, 0.6) is 0 Å². The Morgan fingerprint density at radius 3 is 2.53 bits per heavy atom. The Bertz CT molecular complexity index is 490. The van der Waals surface area contributed by atoms with Gasteiger partial charge in [-0.05, 0) is 24.3 Å². The Balaban J connectivity index is 2.32. The van der Waals surface area contributed by atoms with Gasteiger partial charge < -0.3 is 4.52 Å². The lowest BCUT2D eigenvalue weighted by Crippen LogP contribution is -2.03. The minimum Gasteiger partial charge on any atom is -0.339 e. The zero-order valence-corrected chi connectivity index (χ0v) is 7.90. The molecule has 76 valence electrons. The van der Waals surface area contributed by atoms with Crippen LogP contribution in [0.3, 0.4) is 0 Å². The Hall–Kier alpha value is -2.04. The van der Waals surface area contributed by atoms with E-state index in [0.29, 0.717) is 11.5 Å². The monoisotopic (exact) mass is 206 g/mol. The van der Waals surface area contributed by atoms with Crippen molar-refractivity contribution in [1.82, 2.24) is 10.1 Å². The van der Waals surface area contributed by atoms with Gasteiger partial charge in [0.25, 0.3) is 0 Å². The molecule has 0 aliphatic heterocycles. The number of carbonyl (C=O) groups is 1. The van der Waals surface area contributed by atoms with Gasteiger partial charge in [-0.25, -0.2) is 4.39 Å². The molecule has 0 radical (unpaired) electrons. The van der Waals surface area contributed by atoms with Crippen molar-refractivity contribution in [3.8, 4) is 0 Å². The molecule has 0 amide bonds. The second-order valence-corrected chi connectivity index (χ2v) is 2.97. The normalized spacial score (nSPS) is 10.3. The summed E-state index contributed by atoms with van der Waals surface area (Å²) in [6.45, 7) is 1.59. The number of halogens is 1. The largest absolute Gasteiger partial charge is 0.339 e. The first kappa shape index (κ1) is 9.51. The van der Waals surface area contributed by atoms with Gasteiger partial charge in [0.2, 0.25) is 17.5 Å². The van der Waals surface area contributed by atoms with E-state index in [1.165, 1.54) is 24.3 Å². The predicted molar refractivity (Wildman–Crippen MR) is 48.9 cm³/mol. The van der Waals surface area contributed by atoms with Crippen LogP contribution < -0.4 is 0 Å². The SMILES string of the molecule is Cc1nc(C(=O)c2ccc(F)cc2)no1. The third kappa shape index (κ3) is 1.90. The smallest absolute Gasteiger partial charge is 0.243 e. The predicted octanol–water partition coefficient (Wildman–Crippen LogP) is 1.75. The van der Waals surface area contributed by atoms with Crippen molar-refractivity contribution >= 4 is 5.78 Å². The van der Waals surface area contributed by atoms with Crippen LogP contribution in [-0.2, 0) is 0 Å². The quantitative estimate of drug-likeness (QED) is 0.702. The van der Waals surface area contributed by atoms with Crippen molar-refractivity contribution in [2.45, 2.75) is 6.92 Å². The van der Waals surface area contributed by atoms with E-state index in [9.17, 15) is 9.18 Å². The highest BCUT2D eigenvalue weighted by Gasteiger charge is 2.14. The summed E-state index contributed by atoms with van der Waals surface area (Å²) in [7, 11) is 0. The Kier molecular flexibility index (Phi) is 2.29. The molecule has 0 atom stereocenters. The maximum Gasteiger partial charge on any atom is 0.243 e. The van der Waals surface area contributed by atoms with Crippen molar-refractivity contribution < 1.29 is 13.7 Å². The van der Waals surface area contributed by atoms with Crippen LogP contribution in [0.2, 0.25) is 0 Å². The Morgan fingerprint density at radius 2 is 2.00 bits per heavy atom. The van der Waals surface area contributed by atoms with Crippen LogP contribution in [0.4, 0.5) is 4.39 Å². The number of rotatable bonds is 2. The third-order valence-corrected chi connectivity index (χ3v) is 1.84. The zero-order valence-electron chi connectivity index (χ0n) is 7.90. The Morgan fingerprint density at radius 1 is 1.33 bits per heavy atom. The lowest BCUT2D eigenvalue weighted by atomic mass is 10.1. The van der Waals surface area contributed by atoms with Crippen LogP contribution in [0.25, 0.3) is 0 Å². The molecule has 2 rings (SSSR count). The van der Waals surface area contributed by atoms with Gasteiger partial charge in [-0.2, -0.15) is 4.98 Å². The molecule has 1 heterocycles. The molecule has 2 aromatic rings. The molecule has 1 aromatic carbocycles. The summed E-state index contributed by atoms with van der Waals surface area (Å²) in [5, 5.41) is 3.49. The molecule has 0 aliphatic rings. The minimum absolute atomic E-state index is 0.0147. The fourth-order valence-corrected chi connectivity index (χ4v) is 1.12. The van der Waals surface area contributed by atoms with Gasteiger partial charge in [-0.1, -0.05) is 5.16 Å². The molecule has 1 aromatic heterocycles. The molecule has 5 heteroatoms. The summed E-state index contributed by atoms with van der Waals surface area (Å²) in [6, 6.07) is 5.17. The first-order valence-electron chi connectivity index (χ1n) is 4.27. The van der Waals surface area contributed by atoms with E-state index in [1.807, 2.05) is 0 Å². The molecule has 0 saturated heterocycles. The summed E-state index contributed by atoms with van der Waals surface area (Å²) in [5.74, 6) is -0.470. The van der Waals surface area contributed by atoms with Gasteiger partial charge >= 0.3 is 0 Å². The van der Waals surface area contributed by atoms with Crippen LogP contribution in [0.1, 0.15) is 22.1 Å². The van der Waals surface area contributed by atoms with Gasteiger partial charge in [-0.15, -0.1) is 0 Å². The molecule has 0 N–H and O–H groups in total.